The summed E-state index contributed by atoms with van der Waals surface area (Å²) in [5.41, 5.74) is 1.32. The van der Waals surface area contributed by atoms with Gasteiger partial charge in [-0.05, 0) is 18.6 Å². The van der Waals surface area contributed by atoms with Crippen LogP contribution < -0.4 is 10.2 Å². The molecule has 0 amide bonds. The van der Waals surface area contributed by atoms with Gasteiger partial charge in [0.2, 0.25) is 5.95 Å². The zero-order valence-electron chi connectivity index (χ0n) is 17.0. The molecule has 0 spiro atoms. The molecule has 28 heavy (non-hydrogen) atoms. The van der Waals surface area contributed by atoms with Crippen molar-refractivity contribution in [1.82, 2.24) is 20.2 Å². The molecular formula is C21H31IN6. The molecule has 0 saturated carbocycles. The third-order valence-corrected chi connectivity index (χ3v) is 4.93. The fourth-order valence-electron chi connectivity index (χ4n) is 3.25. The van der Waals surface area contributed by atoms with Gasteiger partial charge in [0, 0.05) is 50.5 Å². The Hall–Kier alpha value is -1.90. The predicted octanol–water partition coefficient (Wildman–Crippen LogP) is 3.16. The lowest BCUT2D eigenvalue weighted by Gasteiger charge is -2.37. The molecular weight excluding hydrogens is 463 g/mol. The summed E-state index contributed by atoms with van der Waals surface area (Å²) in [6.07, 6.45) is 3.60. The number of aromatic nitrogens is 2. The van der Waals surface area contributed by atoms with E-state index in [4.69, 9.17) is 4.99 Å². The van der Waals surface area contributed by atoms with Crippen molar-refractivity contribution in [1.29, 1.82) is 0 Å². The first-order valence-corrected chi connectivity index (χ1v) is 9.71. The molecule has 0 atom stereocenters. The van der Waals surface area contributed by atoms with Gasteiger partial charge in [-0.15, -0.1) is 24.0 Å². The zero-order chi connectivity index (χ0) is 19.1. The Morgan fingerprint density at radius 1 is 1.04 bits per heavy atom. The molecule has 1 aromatic carbocycles. The van der Waals surface area contributed by atoms with E-state index in [0.717, 1.165) is 51.2 Å². The second-order valence-electron chi connectivity index (χ2n) is 7.44. The maximum Gasteiger partial charge on any atom is 0.225 e. The minimum Gasteiger partial charge on any atom is -0.357 e. The van der Waals surface area contributed by atoms with Crippen LogP contribution in [-0.4, -0.2) is 60.1 Å². The van der Waals surface area contributed by atoms with Crippen LogP contribution in [-0.2, 0) is 5.41 Å². The first-order chi connectivity index (χ1) is 13.1. The van der Waals surface area contributed by atoms with E-state index in [1.54, 1.807) is 12.4 Å². The molecule has 0 bridgehead atoms. The number of nitrogens with one attached hydrogen (secondary N) is 1. The summed E-state index contributed by atoms with van der Waals surface area (Å²) < 4.78 is 0. The van der Waals surface area contributed by atoms with Gasteiger partial charge in [-0.25, -0.2) is 9.97 Å². The van der Waals surface area contributed by atoms with E-state index in [1.807, 2.05) is 6.07 Å². The number of benzene rings is 1. The molecule has 1 aromatic heterocycles. The summed E-state index contributed by atoms with van der Waals surface area (Å²) in [5, 5.41) is 3.46. The molecule has 1 aliphatic rings. The molecule has 152 valence electrons. The van der Waals surface area contributed by atoms with E-state index in [1.165, 1.54) is 5.56 Å². The molecule has 0 unspecified atom stereocenters. The summed E-state index contributed by atoms with van der Waals surface area (Å²) in [6.45, 7) is 11.9. The quantitative estimate of drug-likeness (QED) is 0.393. The lowest BCUT2D eigenvalue weighted by Crippen LogP contribution is -2.53. The van der Waals surface area contributed by atoms with E-state index in [0.29, 0.717) is 0 Å². The third-order valence-electron chi connectivity index (χ3n) is 4.93. The zero-order valence-corrected chi connectivity index (χ0v) is 19.3. The molecule has 0 aliphatic carbocycles. The monoisotopic (exact) mass is 494 g/mol. The highest BCUT2D eigenvalue weighted by atomic mass is 127. The second-order valence-corrected chi connectivity index (χ2v) is 7.44. The maximum absolute atomic E-state index is 4.96. The molecule has 1 fully saturated rings. The number of piperazine rings is 1. The lowest BCUT2D eigenvalue weighted by atomic mass is 9.85. The summed E-state index contributed by atoms with van der Waals surface area (Å²) >= 11 is 0. The summed E-state index contributed by atoms with van der Waals surface area (Å²) in [4.78, 5) is 18.3. The van der Waals surface area contributed by atoms with Gasteiger partial charge in [0.05, 0.1) is 6.54 Å². The van der Waals surface area contributed by atoms with Gasteiger partial charge in [-0.1, -0.05) is 44.2 Å². The van der Waals surface area contributed by atoms with E-state index in [2.05, 4.69) is 76.2 Å². The minimum atomic E-state index is 0. The van der Waals surface area contributed by atoms with Gasteiger partial charge < -0.3 is 15.1 Å². The highest BCUT2D eigenvalue weighted by Gasteiger charge is 2.23. The molecule has 1 N–H and O–H groups in total. The van der Waals surface area contributed by atoms with E-state index >= 15 is 0 Å². The Bertz CT molecular complexity index is 727. The first kappa shape index (κ1) is 22.4. The van der Waals surface area contributed by atoms with Crippen LogP contribution >= 0.6 is 24.0 Å². The van der Waals surface area contributed by atoms with Crippen molar-refractivity contribution >= 4 is 35.9 Å². The number of anilines is 1. The summed E-state index contributed by atoms with van der Waals surface area (Å²) in [5.74, 6) is 1.81. The standard InChI is InChI=1S/C21H30N6.HI/c1-4-22-19(25-17-21(2,3)18-9-6-5-7-10-18)26-13-15-27(16-14-26)20-23-11-8-12-24-20;/h5-12H,4,13-17H2,1-3H3,(H,22,25);1H. The van der Waals surface area contributed by atoms with Gasteiger partial charge >= 0.3 is 0 Å². The molecule has 1 saturated heterocycles. The Labute approximate surface area is 185 Å². The predicted molar refractivity (Wildman–Crippen MR) is 127 cm³/mol. The summed E-state index contributed by atoms with van der Waals surface area (Å²) in [7, 11) is 0. The normalized spacial score (nSPS) is 15.2. The number of hydrogen-bond acceptors (Lipinski definition) is 4. The van der Waals surface area contributed by atoms with E-state index in [-0.39, 0.29) is 29.4 Å². The van der Waals surface area contributed by atoms with E-state index in [9.17, 15) is 0 Å². The molecule has 2 aromatic rings. The highest BCUT2D eigenvalue weighted by Crippen LogP contribution is 2.23. The van der Waals surface area contributed by atoms with Crippen molar-refractivity contribution in [2.24, 2.45) is 4.99 Å². The molecule has 3 rings (SSSR count). The topological polar surface area (TPSA) is 56.7 Å². The van der Waals surface area contributed by atoms with Crippen molar-refractivity contribution in [2.45, 2.75) is 26.2 Å². The molecule has 7 heteroatoms. The molecule has 0 radical (unpaired) electrons. The van der Waals surface area contributed by atoms with Crippen molar-refractivity contribution < 1.29 is 0 Å². The van der Waals surface area contributed by atoms with Gasteiger partial charge in [0.15, 0.2) is 5.96 Å². The van der Waals surface area contributed by atoms with E-state index < -0.39 is 0 Å². The average Bonchev–Trinajstić information content (AvgIpc) is 2.72. The fraction of sp³-hybridized carbons (Fsp3) is 0.476. The van der Waals surface area contributed by atoms with Gasteiger partial charge in [0.25, 0.3) is 0 Å². The largest absolute Gasteiger partial charge is 0.357 e. The van der Waals surface area contributed by atoms with Crippen LogP contribution in [0.25, 0.3) is 0 Å². The lowest BCUT2D eigenvalue weighted by molar-refractivity contribution is 0.368. The van der Waals surface area contributed by atoms with Crippen molar-refractivity contribution in [3.8, 4) is 0 Å². The van der Waals surface area contributed by atoms with Crippen LogP contribution in [0.1, 0.15) is 26.3 Å². The SMILES string of the molecule is CCNC(=NCC(C)(C)c1ccccc1)N1CCN(c2ncccn2)CC1.I. The Balaban J connectivity index is 0.00000280. The van der Waals surface area contributed by atoms with Crippen molar-refractivity contribution in [2.75, 3.05) is 44.2 Å². The highest BCUT2D eigenvalue weighted by molar-refractivity contribution is 14.0. The van der Waals surface area contributed by atoms with Crippen LogP contribution in [0.2, 0.25) is 0 Å². The Morgan fingerprint density at radius 2 is 1.68 bits per heavy atom. The van der Waals surface area contributed by atoms with Crippen molar-refractivity contribution in [3.63, 3.8) is 0 Å². The number of rotatable bonds is 5. The smallest absolute Gasteiger partial charge is 0.225 e. The number of halogens is 1. The number of hydrogen-bond donors (Lipinski definition) is 1. The van der Waals surface area contributed by atoms with Crippen LogP contribution in [0.15, 0.2) is 53.8 Å². The maximum atomic E-state index is 4.96. The third kappa shape index (κ3) is 5.80. The molecule has 2 heterocycles. The van der Waals surface area contributed by atoms with Crippen LogP contribution in [0.3, 0.4) is 0 Å². The van der Waals surface area contributed by atoms with Gasteiger partial charge in [-0.3, -0.25) is 4.99 Å². The van der Waals surface area contributed by atoms with Crippen LogP contribution in [0.4, 0.5) is 5.95 Å². The number of guanidine groups is 1. The second kappa shape index (κ2) is 10.6. The van der Waals surface area contributed by atoms with Crippen LogP contribution in [0, 0.1) is 0 Å². The molecule has 1 aliphatic heterocycles. The first-order valence-electron chi connectivity index (χ1n) is 9.71. The number of nitrogens with zero attached hydrogens (tertiary/aromatic N) is 5. The van der Waals surface area contributed by atoms with Crippen LogP contribution in [0.5, 0.6) is 0 Å². The van der Waals surface area contributed by atoms with Gasteiger partial charge in [-0.2, -0.15) is 0 Å². The minimum absolute atomic E-state index is 0. The Morgan fingerprint density at radius 3 is 2.29 bits per heavy atom. The average molecular weight is 494 g/mol. The van der Waals surface area contributed by atoms with Gasteiger partial charge in [0.1, 0.15) is 0 Å². The van der Waals surface area contributed by atoms with Crippen molar-refractivity contribution in [3.05, 3.63) is 54.4 Å². The fourth-order valence-corrected chi connectivity index (χ4v) is 3.25. The number of aliphatic imine (C=N–C) groups is 1. The Kier molecular flexibility index (Phi) is 8.47. The summed E-state index contributed by atoms with van der Waals surface area (Å²) in [6, 6.07) is 12.5. The molecule has 6 nitrogen and oxygen atoms in total.